The Labute approximate surface area is 144 Å². The first-order valence-electron chi connectivity index (χ1n) is 7.73. The largest absolute Gasteiger partial charge is 0.481 e. The van der Waals surface area contributed by atoms with E-state index in [4.69, 9.17) is 4.74 Å². The molecule has 4 atom stereocenters. The molecule has 0 aliphatic heterocycles. The zero-order valence-corrected chi connectivity index (χ0v) is 14.7. The van der Waals surface area contributed by atoms with Gasteiger partial charge in [-0.15, -0.1) is 0 Å². The van der Waals surface area contributed by atoms with Gasteiger partial charge < -0.3 is 25.2 Å². The number of Topliss-reactive ketones (excluding diaryl/α,β-unsaturated/α-hetero) is 1. The number of aliphatic carboxylic acids is 2. The predicted octanol–water partition coefficient (Wildman–Crippen LogP) is 0.310. The zero-order valence-electron chi connectivity index (χ0n) is 14.7. The van der Waals surface area contributed by atoms with E-state index in [0.717, 1.165) is 0 Å². The molecule has 2 rings (SSSR count). The van der Waals surface area contributed by atoms with E-state index in [-0.39, 0.29) is 5.57 Å². The summed E-state index contributed by atoms with van der Waals surface area (Å²) >= 11 is 0. The molecule has 0 saturated heterocycles. The molecule has 9 nitrogen and oxygen atoms in total. The van der Waals surface area contributed by atoms with Crippen LogP contribution in [0.3, 0.4) is 0 Å². The van der Waals surface area contributed by atoms with E-state index in [1.165, 1.54) is 11.1 Å². The first-order chi connectivity index (χ1) is 11.3. The first-order valence-corrected chi connectivity index (χ1v) is 7.73. The average Bonchev–Trinajstić information content (AvgIpc) is 3.10. The molecule has 0 bridgehead atoms. The Hall–Kier alpha value is -2.58. The van der Waals surface area contributed by atoms with Gasteiger partial charge in [0.05, 0.1) is 5.92 Å². The lowest BCUT2D eigenvalue weighted by atomic mass is 9.85. The highest BCUT2D eigenvalue weighted by Gasteiger charge is 2.78. The fourth-order valence-electron chi connectivity index (χ4n) is 3.39. The summed E-state index contributed by atoms with van der Waals surface area (Å²) < 4.78 is 5.11. The molecule has 25 heavy (non-hydrogen) atoms. The quantitative estimate of drug-likeness (QED) is 0.614. The number of rotatable bonds is 4. The normalized spacial score (nSPS) is 32.1. The topological polar surface area (TPSA) is 133 Å². The number of nitrogens with zero attached hydrogens (tertiary/aromatic N) is 1. The summed E-state index contributed by atoms with van der Waals surface area (Å²) in [6.45, 7) is 4.82. The van der Waals surface area contributed by atoms with Gasteiger partial charge in [-0.1, -0.05) is 0 Å². The molecule has 2 aliphatic carbocycles. The van der Waals surface area contributed by atoms with Crippen LogP contribution in [0, 0.1) is 17.8 Å². The Bertz CT molecular complexity index is 676. The van der Waals surface area contributed by atoms with Crippen LogP contribution in [0.15, 0.2) is 11.8 Å². The minimum absolute atomic E-state index is 0.150. The van der Waals surface area contributed by atoms with Crippen LogP contribution in [-0.4, -0.2) is 64.2 Å². The van der Waals surface area contributed by atoms with E-state index in [0.29, 0.717) is 0 Å². The molecular formula is C16H22N2O7. The van der Waals surface area contributed by atoms with Gasteiger partial charge in [0.2, 0.25) is 0 Å². The Balaban J connectivity index is 2.50. The van der Waals surface area contributed by atoms with Crippen LogP contribution in [0.4, 0.5) is 4.79 Å². The standard InChI is InChI=1S/C16H22N2O7/c1-15(2,3)25-14(24)17-16(13(22)23)7(6-18(4)5)11(19)8-9(10(8)16)12(20)21/h6,8-10H,1-5H3,(H,17,24)(H,20,21)(H,22,23)/t8-,9-,10-,16-/m0/s1. The van der Waals surface area contributed by atoms with E-state index in [9.17, 15) is 29.4 Å². The molecule has 138 valence electrons. The lowest BCUT2D eigenvalue weighted by Gasteiger charge is -2.31. The van der Waals surface area contributed by atoms with Crippen molar-refractivity contribution in [1.82, 2.24) is 10.2 Å². The van der Waals surface area contributed by atoms with Crippen molar-refractivity contribution in [3.05, 3.63) is 11.8 Å². The molecule has 0 radical (unpaired) electrons. The molecule has 9 heteroatoms. The smallest absolute Gasteiger partial charge is 0.408 e. The van der Waals surface area contributed by atoms with Gasteiger partial charge in [-0.25, -0.2) is 9.59 Å². The Kier molecular flexibility index (Phi) is 4.31. The fourth-order valence-corrected chi connectivity index (χ4v) is 3.39. The molecule has 2 aliphatic rings. The summed E-state index contributed by atoms with van der Waals surface area (Å²) in [5, 5.41) is 21.4. The second-order valence-electron chi connectivity index (χ2n) is 7.53. The highest BCUT2D eigenvalue weighted by Crippen LogP contribution is 2.62. The van der Waals surface area contributed by atoms with E-state index in [2.05, 4.69) is 5.32 Å². The maximum Gasteiger partial charge on any atom is 0.408 e. The molecule has 0 spiro atoms. The average molecular weight is 354 g/mol. The van der Waals surface area contributed by atoms with E-state index >= 15 is 0 Å². The molecule has 0 aromatic carbocycles. The van der Waals surface area contributed by atoms with Crippen LogP contribution in [0.5, 0.6) is 0 Å². The maximum absolute atomic E-state index is 12.6. The number of nitrogens with one attached hydrogen (secondary N) is 1. The van der Waals surface area contributed by atoms with Crippen molar-refractivity contribution in [2.45, 2.75) is 31.9 Å². The second-order valence-corrected chi connectivity index (χ2v) is 7.53. The van der Waals surface area contributed by atoms with Crippen molar-refractivity contribution in [1.29, 1.82) is 0 Å². The number of carbonyl (C=O) groups excluding carboxylic acids is 2. The fraction of sp³-hybridized carbons (Fsp3) is 0.625. The third-order valence-electron chi connectivity index (χ3n) is 4.22. The summed E-state index contributed by atoms with van der Waals surface area (Å²) in [6.07, 6.45) is 0.280. The van der Waals surface area contributed by atoms with Crippen molar-refractivity contribution in [2.24, 2.45) is 17.8 Å². The molecule has 2 fully saturated rings. The van der Waals surface area contributed by atoms with E-state index in [1.54, 1.807) is 34.9 Å². The Morgan fingerprint density at radius 1 is 1.24 bits per heavy atom. The van der Waals surface area contributed by atoms with Crippen molar-refractivity contribution in [3.63, 3.8) is 0 Å². The highest BCUT2D eigenvalue weighted by molar-refractivity contribution is 6.15. The third-order valence-corrected chi connectivity index (χ3v) is 4.22. The minimum Gasteiger partial charge on any atom is -0.481 e. The molecule has 0 aromatic rings. The van der Waals surface area contributed by atoms with Crippen molar-refractivity contribution >= 4 is 23.8 Å². The van der Waals surface area contributed by atoms with Gasteiger partial charge in [-0.3, -0.25) is 9.59 Å². The van der Waals surface area contributed by atoms with Gasteiger partial charge in [-0.05, 0) is 20.8 Å². The highest BCUT2D eigenvalue weighted by atomic mass is 16.6. The summed E-state index contributed by atoms with van der Waals surface area (Å²) in [6, 6.07) is 0. The first kappa shape index (κ1) is 18.8. The van der Waals surface area contributed by atoms with Gasteiger partial charge in [0.25, 0.3) is 0 Å². The van der Waals surface area contributed by atoms with Crippen molar-refractivity contribution in [3.8, 4) is 0 Å². The Morgan fingerprint density at radius 3 is 2.20 bits per heavy atom. The number of carboxylic acid groups (broad SMARTS) is 2. The number of carbonyl (C=O) groups is 4. The number of ether oxygens (including phenoxy) is 1. The van der Waals surface area contributed by atoms with Crippen LogP contribution in [0.1, 0.15) is 20.8 Å². The third kappa shape index (κ3) is 3.06. The van der Waals surface area contributed by atoms with Gasteiger partial charge in [0, 0.05) is 37.7 Å². The summed E-state index contributed by atoms with van der Waals surface area (Å²) in [7, 11) is 3.19. The number of alkyl carbamates (subject to hydrolysis) is 1. The summed E-state index contributed by atoms with van der Waals surface area (Å²) in [5.74, 6) is -6.48. The number of hydrogen-bond acceptors (Lipinski definition) is 6. The lowest BCUT2D eigenvalue weighted by Crippen LogP contribution is -2.58. The number of hydrogen-bond donors (Lipinski definition) is 3. The molecule has 0 unspecified atom stereocenters. The van der Waals surface area contributed by atoms with E-state index < -0.39 is 52.7 Å². The van der Waals surface area contributed by atoms with Gasteiger partial charge in [-0.2, -0.15) is 0 Å². The molecule has 0 heterocycles. The molecule has 0 aromatic heterocycles. The van der Waals surface area contributed by atoms with Gasteiger partial charge in [0.15, 0.2) is 11.3 Å². The molecule has 3 N–H and O–H groups in total. The maximum atomic E-state index is 12.6. The second kappa shape index (κ2) is 5.75. The summed E-state index contributed by atoms with van der Waals surface area (Å²) in [5.41, 5.74) is -3.16. The SMILES string of the molecule is CN(C)C=C1C(=O)[C@H]2[C@H](C(=O)O)[C@H]2[C@]1(NC(=O)OC(C)(C)C)C(=O)O. The summed E-state index contributed by atoms with van der Waals surface area (Å²) in [4.78, 5) is 49.7. The van der Waals surface area contributed by atoms with Crippen molar-refractivity contribution in [2.75, 3.05) is 14.1 Å². The number of carboxylic acids is 2. The van der Waals surface area contributed by atoms with Crippen LogP contribution >= 0.6 is 0 Å². The molecule has 1 amide bonds. The number of ketones is 1. The minimum atomic E-state index is -2.13. The predicted molar refractivity (Wildman–Crippen MR) is 84.6 cm³/mol. The van der Waals surface area contributed by atoms with Gasteiger partial charge in [0.1, 0.15) is 5.60 Å². The lowest BCUT2D eigenvalue weighted by molar-refractivity contribution is -0.145. The molecular weight excluding hydrogens is 332 g/mol. The van der Waals surface area contributed by atoms with Crippen molar-refractivity contribution < 1.29 is 34.1 Å². The van der Waals surface area contributed by atoms with Crippen LogP contribution in [0.2, 0.25) is 0 Å². The Morgan fingerprint density at radius 2 is 1.80 bits per heavy atom. The van der Waals surface area contributed by atoms with Gasteiger partial charge >= 0.3 is 18.0 Å². The zero-order chi connectivity index (χ0) is 19.3. The van der Waals surface area contributed by atoms with Crippen LogP contribution < -0.4 is 5.32 Å². The number of amides is 1. The van der Waals surface area contributed by atoms with Crippen LogP contribution in [-0.2, 0) is 19.1 Å². The monoisotopic (exact) mass is 354 g/mol. The van der Waals surface area contributed by atoms with E-state index in [1.807, 2.05) is 0 Å². The molecule has 2 saturated carbocycles. The number of fused-ring (bicyclic) bond motifs is 1. The van der Waals surface area contributed by atoms with Crippen LogP contribution in [0.25, 0.3) is 0 Å².